The molecule has 1 aliphatic rings. The molecule has 1 unspecified atom stereocenters. The van der Waals surface area contributed by atoms with Crippen LogP contribution in [0.25, 0.3) is 0 Å². The fourth-order valence-electron chi connectivity index (χ4n) is 0.639. The lowest BCUT2D eigenvalue weighted by atomic mass is 10.1. The van der Waals surface area contributed by atoms with E-state index in [0.717, 1.165) is 6.08 Å². The molecule has 3 heteroatoms. The summed E-state index contributed by atoms with van der Waals surface area (Å²) in [4.78, 5) is 21.0. The van der Waals surface area contributed by atoms with Crippen LogP contribution in [-0.4, -0.2) is 22.3 Å². The van der Waals surface area contributed by atoms with Gasteiger partial charge in [-0.3, -0.25) is 9.59 Å². The first-order chi connectivity index (χ1) is 4.04. The summed E-state index contributed by atoms with van der Waals surface area (Å²) in [5, 5.41) is 8.98. The van der Waals surface area contributed by atoms with Crippen molar-refractivity contribution < 1.29 is 14.7 Å². The van der Waals surface area contributed by atoms with E-state index in [-0.39, 0.29) is 0 Å². The minimum atomic E-state index is -1.54. The lowest BCUT2D eigenvalue weighted by molar-refractivity contribution is -0.140. The zero-order chi connectivity index (χ0) is 7.07. The number of rotatable bonds is 0. The number of hydrogen-bond acceptors (Lipinski definition) is 3. The van der Waals surface area contributed by atoms with Crippen LogP contribution < -0.4 is 0 Å². The first-order valence-electron chi connectivity index (χ1n) is 2.54. The van der Waals surface area contributed by atoms with Gasteiger partial charge < -0.3 is 5.11 Å². The average molecular weight is 126 g/mol. The Labute approximate surface area is 52.0 Å². The number of hydrogen-bond donors (Lipinski definition) is 1. The lowest BCUT2D eigenvalue weighted by Gasteiger charge is -2.07. The fraction of sp³-hybridized carbons (Fsp3) is 0.333. The maximum atomic E-state index is 10.6. The summed E-state index contributed by atoms with van der Waals surface area (Å²) >= 11 is 0. The van der Waals surface area contributed by atoms with Crippen LogP contribution in [0.1, 0.15) is 6.92 Å². The number of carbonyl (C=O) groups is 2. The molecule has 48 valence electrons. The standard InChI is InChI=1S/C6H6O3/c1-6(9)3-2-4(7)5(6)8/h2-3,9H,1H3. The van der Waals surface area contributed by atoms with Gasteiger partial charge in [0.05, 0.1) is 0 Å². The molecule has 0 saturated heterocycles. The first kappa shape index (κ1) is 6.16. The Morgan fingerprint density at radius 1 is 1.56 bits per heavy atom. The number of Topliss-reactive ketones (excluding diaryl/α,β-unsaturated/α-hetero) is 1. The van der Waals surface area contributed by atoms with E-state index >= 15 is 0 Å². The number of carbonyl (C=O) groups excluding carboxylic acids is 2. The van der Waals surface area contributed by atoms with Crippen LogP contribution in [0.5, 0.6) is 0 Å². The van der Waals surface area contributed by atoms with Gasteiger partial charge in [-0.05, 0) is 19.1 Å². The third kappa shape index (κ3) is 0.791. The summed E-state index contributed by atoms with van der Waals surface area (Å²) in [7, 11) is 0. The maximum Gasteiger partial charge on any atom is 0.237 e. The van der Waals surface area contributed by atoms with Gasteiger partial charge in [0.1, 0.15) is 5.60 Å². The maximum absolute atomic E-state index is 10.6. The molecule has 0 aliphatic heterocycles. The highest BCUT2D eigenvalue weighted by Gasteiger charge is 2.36. The average Bonchev–Trinajstić information content (AvgIpc) is 1.97. The van der Waals surface area contributed by atoms with E-state index < -0.39 is 17.2 Å². The van der Waals surface area contributed by atoms with Crippen LogP contribution in [0.3, 0.4) is 0 Å². The summed E-state index contributed by atoms with van der Waals surface area (Å²) in [6.07, 6.45) is 2.28. The summed E-state index contributed by atoms with van der Waals surface area (Å²) in [6, 6.07) is 0. The summed E-state index contributed by atoms with van der Waals surface area (Å²) < 4.78 is 0. The van der Waals surface area contributed by atoms with E-state index in [0.29, 0.717) is 0 Å². The highest BCUT2D eigenvalue weighted by Crippen LogP contribution is 2.14. The Balaban J connectivity index is 3.00. The van der Waals surface area contributed by atoms with Crippen LogP contribution in [0.4, 0.5) is 0 Å². The van der Waals surface area contributed by atoms with Crippen molar-refractivity contribution in [2.24, 2.45) is 0 Å². The van der Waals surface area contributed by atoms with Crippen molar-refractivity contribution in [2.75, 3.05) is 0 Å². The van der Waals surface area contributed by atoms with Crippen molar-refractivity contribution in [3.63, 3.8) is 0 Å². The Morgan fingerprint density at radius 3 is 2.22 bits per heavy atom. The molecule has 1 N–H and O–H groups in total. The van der Waals surface area contributed by atoms with Crippen molar-refractivity contribution in [1.29, 1.82) is 0 Å². The predicted octanol–water partition coefficient (Wildman–Crippen LogP) is -0.555. The van der Waals surface area contributed by atoms with Crippen LogP contribution in [0.2, 0.25) is 0 Å². The number of allylic oxidation sites excluding steroid dienone is 1. The SMILES string of the molecule is CC1(O)C=CC(=O)C1=O. The summed E-state index contributed by atoms with van der Waals surface area (Å²) in [5.74, 6) is -1.37. The summed E-state index contributed by atoms with van der Waals surface area (Å²) in [5.41, 5.74) is -1.54. The van der Waals surface area contributed by atoms with E-state index in [1.54, 1.807) is 0 Å². The zero-order valence-corrected chi connectivity index (χ0v) is 4.92. The molecular weight excluding hydrogens is 120 g/mol. The Kier molecular flexibility index (Phi) is 1.03. The van der Waals surface area contributed by atoms with Crippen molar-refractivity contribution >= 4 is 11.6 Å². The molecular formula is C6H6O3. The molecule has 3 nitrogen and oxygen atoms in total. The highest BCUT2D eigenvalue weighted by atomic mass is 16.3. The monoisotopic (exact) mass is 126 g/mol. The second-order valence-electron chi connectivity index (χ2n) is 2.17. The number of ketones is 2. The molecule has 0 radical (unpaired) electrons. The lowest BCUT2D eigenvalue weighted by Crippen LogP contribution is -2.32. The Morgan fingerprint density at radius 2 is 2.11 bits per heavy atom. The fourth-order valence-corrected chi connectivity index (χ4v) is 0.639. The van der Waals surface area contributed by atoms with Crippen molar-refractivity contribution in [3.05, 3.63) is 12.2 Å². The highest BCUT2D eigenvalue weighted by molar-refractivity contribution is 6.47. The van der Waals surface area contributed by atoms with Gasteiger partial charge in [0.15, 0.2) is 0 Å². The van der Waals surface area contributed by atoms with Crippen molar-refractivity contribution in [1.82, 2.24) is 0 Å². The van der Waals surface area contributed by atoms with E-state index in [1.165, 1.54) is 13.0 Å². The van der Waals surface area contributed by atoms with E-state index in [4.69, 9.17) is 5.11 Å². The van der Waals surface area contributed by atoms with Gasteiger partial charge in [-0.2, -0.15) is 0 Å². The number of aliphatic hydroxyl groups is 1. The van der Waals surface area contributed by atoms with Gasteiger partial charge in [0.2, 0.25) is 11.6 Å². The minimum Gasteiger partial charge on any atom is -0.378 e. The van der Waals surface area contributed by atoms with Gasteiger partial charge >= 0.3 is 0 Å². The molecule has 1 aliphatic carbocycles. The minimum absolute atomic E-state index is 0.625. The van der Waals surface area contributed by atoms with E-state index in [2.05, 4.69) is 0 Å². The quantitative estimate of drug-likeness (QED) is 0.443. The zero-order valence-electron chi connectivity index (χ0n) is 4.92. The van der Waals surface area contributed by atoms with Crippen LogP contribution in [0.15, 0.2) is 12.2 Å². The van der Waals surface area contributed by atoms with E-state index in [9.17, 15) is 9.59 Å². The van der Waals surface area contributed by atoms with Gasteiger partial charge in [0, 0.05) is 0 Å². The second-order valence-corrected chi connectivity index (χ2v) is 2.17. The smallest absolute Gasteiger partial charge is 0.237 e. The van der Waals surface area contributed by atoms with E-state index in [1.807, 2.05) is 0 Å². The van der Waals surface area contributed by atoms with Crippen LogP contribution in [0, 0.1) is 0 Å². The molecule has 1 atom stereocenters. The van der Waals surface area contributed by atoms with Gasteiger partial charge in [-0.15, -0.1) is 0 Å². The molecule has 0 bridgehead atoms. The van der Waals surface area contributed by atoms with Crippen molar-refractivity contribution in [2.45, 2.75) is 12.5 Å². The predicted molar refractivity (Wildman–Crippen MR) is 29.8 cm³/mol. The Bertz CT molecular complexity index is 200. The largest absolute Gasteiger partial charge is 0.378 e. The molecule has 0 aromatic rings. The molecule has 0 heterocycles. The molecule has 1 rings (SSSR count). The molecule has 0 fully saturated rings. The van der Waals surface area contributed by atoms with Gasteiger partial charge in [-0.1, -0.05) is 0 Å². The summed E-state index contributed by atoms with van der Waals surface area (Å²) in [6.45, 7) is 1.29. The topological polar surface area (TPSA) is 54.4 Å². The third-order valence-electron chi connectivity index (χ3n) is 1.24. The van der Waals surface area contributed by atoms with Gasteiger partial charge in [-0.25, -0.2) is 0 Å². The van der Waals surface area contributed by atoms with Gasteiger partial charge in [0.25, 0.3) is 0 Å². The molecule has 0 aromatic carbocycles. The van der Waals surface area contributed by atoms with Crippen LogP contribution >= 0.6 is 0 Å². The second kappa shape index (κ2) is 1.51. The first-order valence-corrected chi connectivity index (χ1v) is 2.54. The molecule has 0 saturated carbocycles. The molecule has 9 heavy (non-hydrogen) atoms. The normalized spacial score (nSPS) is 34.0. The Hall–Kier alpha value is -0.960. The van der Waals surface area contributed by atoms with Crippen molar-refractivity contribution in [3.8, 4) is 0 Å². The molecule has 0 amide bonds. The molecule has 0 aromatic heterocycles. The molecule has 0 spiro atoms. The van der Waals surface area contributed by atoms with Crippen LogP contribution in [-0.2, 0) is 9.59 Å². The third-order valence-corrected chi connectivity index (χ3v) is 1.24.